The molecule has 2 N–H and O–H groups in total. The van der Waals surface area contributed by atoms with Crippen molar-refractivity contribution in [2.75, 3.05) is 25.0 Å². The molecule has 0 aliphatic rings. The van der Waals surface area contributed by atoms with Gasteiger partial charge in [-0.05, 0) is 31.2 Å². The van der Waals surface area contributed by atoms with Crippen molar-refractivity contribution in [1.82, 2.24) is 10.3 Å². The van der Waals surface area contributed by atoms with Gasteiger partial charge in [-0.2, -0.15) is 18.4 Å². The minimum Gasteiger partial charge on any atom is -0.494 e. The zero-order chi connectivity index (χ0) is 18.4. The fraction of sp³-hybridized carbons (Fsp3) is 0.312. The number of nitrogens with zero attached hydrogens (tertiary/aromatic N) is 2. The van der Waals surface area contributed by atoms with Crippen molar-refractivity contribution in [3.05, 3.63) is 29.8 Å². The number of hydrogen-bond donors (Lipinski definition) is 2. The van der Waals surface area contributed by atoms with Crippen LogP contribution in [0.5, 0.6) is 5.75 Å². The number of carbonyl (C=O) groups excluding carboxylic acids is 1. The summed E-state index contributed by atoms with van der Waals surface area (Å²) in [4.78, 5) is 15.0. The van der Waals surface area contributed by atoms with Crippen LogP contribution in [0.2, 0.25) is 0 Å². The second kappa shape index (κ2) is 7.70. The molecule has 1 aromatic heterocycles. The third-order valence-corrected chi connectivity index (χ3v) is 3.18. The lowest BCUT2D eigenvalue weighted by Gasteiger charge is -2.11. The maximum absolute atomic E-state index is 12.1. The molecule has 0 aliphatic heterocycles. The smallest absolute Gasteiger partial charge is 0.471 e. The van der Waals surface area contributed by atoms with Gasteiger partial charge in [-0.25, -0.2) is 4.98 Å². The summed E-state index contributed by atoms with van der Waals surface area (Å²) in [5.74, 6) is -1.12. The summed E-state index contributed by atoms with van der Waals surface area (Å²) in [6.45, 7) is 2.10. The first-order chi connectivity index (χ1) is 11.8. The van der Waals surface area contributed by atoms with Gasteiger partial charge in [0.1, 0.15) is 17.6 Å². The average molecular weight is 352 g/mol. The van der Waals surface area contributed by atoms with E-state index in [9.17, 15) is 23.2 Å². The van der Waals surface area contributed by atoms with Gasteiger partial charge in [-0.1, -0.05) is 0 Å². The lowest BCUT2D eigenvalue weighted by molar-refractivity contribution is -0.173. The van der Waals surface area contributed by atoms with Crippen molar-refractivity contribution < 1.29 is 22.7 Å². The number of ether oxygens (including phenoxy) is 1. The predicted octanol–water partition coefficient (Wildman–Crippen LogP) is 2.60. The molecule has 1 amide bonds. The number of rotatable bonds is 6. The first-order valence-corrected chi connectivity index (χ1v) is 7.41. The van der Waals surface area contributed by atoms with Gasteiger partial charge in [0.05, 0.1) is 17.7 Å². The summed E-state index contributed by atoms with van der Waals surface area (Å²) in [7, 11) is 0. The van der Waals surface area contributed by atoms with Crippen LogP contribution in [0.15, 0.2) is 24.3 Å². The normalized spacial score (nSPS) is 11.0. The van der Waals surface area contributed by atoms with Crippen LogP contribution in [-0.4, -0.2) is 36.8 Å². The third-order valence-electron chi connectivity index (χ3n) is 3.18. The zero-order valence-corrected chi connectivity index (χ0v) is 13.3. The van der Waals surface area contributed by atoms with Crippen LogP contribution in [0.1, 0.15) is 12.5 Å². The van der Waals surface area contributed by atoms with E-state index in [1.165, 1.54) is 0 Å². The molecule has 1 aromatic carbocycles. The quantitative estimate of drug-likeness (QED) is 0.781. The summed E-state index contributed by atoms with van der Waals surface area (Å²) in [5, 5.41) is 14.4. The predicted molar refractivity (Wildman–Crippen MR) is 85.2 cm³/mol. The monoisotopic (exact) mass is 352 g/mol. The molecular formula is C16H15F3N4O2. The van der Waals surface area contributed by atoms with Crippen molar-refractivity contribution in [2.45, 2.75) is 13.1 Å². The highest BCUT2D eigenvalue weighted by Gasteiger charge is 2.38. The number of alkyl halides is 3. The minimum absolute atomic E-state index is 0.00790. The lowest BCUT2D eigenvalue weighted by atomic mass is 10.1. The topological polar surface area (TPSA) is 87.0 Å². The van der Waals surface area contributed by atoms with E-state index in [4.69, 9.17) is 4.74 Å². The van der Waals surface area contributed by atoms with Crippen LogP contribution >= 0.6 is 0 Å². The number of benzene rings is 1. The Morgan fingerprint density at radius 1 is 1.32 bits per heavy atom. The number of fused-ring (bicyclic) bond motifs is 1. The molecule has 0 atom stereocenters. The van der Waals surface area contributed by atoms with Gasteiger partial charge in [0, 0.05) is 18.5 Å². The van der Waals surface area contributed by atoms with Crippen LogP contribution in [0.4, 0.5) is 19.0 Å². The van der Waals surface area contributed by atoms with E-state index in [0.717, 1.165) is 0 Å². The van der Waals surface area contributed by atoms with Crippen LogP contribution in [0.25, 0.3) is 10.9 Å². The molecule has 0 fully saturated rings. The van der Waals surface area contributed by atoms with E-state index >= 15 is 0 Å². The Morgan fingerprint density at radius 2 is 2.08 bits per heavy atom. The molecule has 0 saturated carbocycles. The van der Waals surface area contributed by atoms with Crippen molar-refractivity contribution in [3.8, 4) is 11.8 Å². The number of nitrogens with one attached hydrogen (secondary N) is 2. The second-order valence-corrected chi connectivity index (χ2v) is 4.96. The van der Waals surface area contributed by atoms with Crippen LogP contribution in [0.3, 0.4) is 0 Å². The molecule has 25 heavy (non-hydrogen) atoms. The maximum Gasteiger partial charge on any atom is 0.471 e. The molecule has 6 nitrogen and oxygen atoms in total. The molecular weight excluding hydrogens is 337 g/mol. The second-order valence-electron chi connectivity index (χ2n) is 4.96. The van der Waals surface area contributed by atoms with E-state index in [2.05, 4.69) is 10.3 Å². The summed E-state index contributed by atoms with van der Waals surface area (Å²) < 4.78 is 41.6. The van der Waals surface area contributed by atoms with Gasteiger partial charge in [0.15, 0.2) is 0 Å². The summed E-state index contributed by atoms with van der Waals surface area (Å²) in [5.41, 5.74) is 0.840. The van der Waals surface area contributed by atoms with Crippen LogP contribution < -0.4 is 15.4 Å². The number of anilines is 1. The van der Waals surface area contributed by atoms with Gasteiger partial charge < -0.3 is 15.4 Å². The van der Waals surface area contributed by atoms with E-state index < -0.39 is 12.1 Å². The number of carbonyl (C=O) groups is 1. The number of amides is 1. The Bertz CT molecular complexity index is 815. The highest BCUT2D eigenvalue weighted by Crippen LogP contribution is 2.24. The highest BCUT2D eigenvalue weighted by atomic mass is 19.4. The van der Waals surface area contributed by atoms with Gasteiger partial charge in [-0.3, -0.25) is 4.79 Å². The van der Waals surface area contributed by atoms with E-state index in [1.54, 1.807) is 29.6 Å². The van der Waals surface area contributed by atoms with Crippen molar-refractivity contribution >= 4 is 22.6 Å². The first kappa shape index (κ1) is 18.3. The standard InChI is InChI=1S/C16H15F3N4O2/c1-2-25-12-3-4-13-10(8-12)7-11(9-20)14(23-13)21-5-6-22-15(24)16(17,18)19/h3-4,7-8H,2,5-6H2,1H3,(H,21,23)(H,22,24). The summed E-state index contributed by atoms with van der Waals surface area (Å²) >= 11 is 0. The number of nitriles is 1. The molecule has 0 spiro atoms. The Kier molecular flexibility index (Phi) is 5.64. The maximum atomic E-state index is 12.1. The summed E-state index contributed by atoms with van der Waals surface area (Å²) in [6, 6.07) is 8.80. The average Bonchev–Trinajstić information content (AvgIpc) is 2.57. The van der Waals surface area contributed by atoms with Gasteiger partial charge in [0.2, 0.25) is 0 Å². The van der Waals surface area contributed by atoms with Gasteiger partial charge in [-0.15, -0.1) is 0 Å². The first-order valence-electron chi connectivity index (χ1n) is 7.41. The third kappa shape index (κ3) is 4.73. The molecule has 0 radical (unpaired) electrons. The number of pyridine rings is 1. The Hall–Kier alpha value is -3.02. The number of aromatic nitrogens is 1. The minimum atomic E-state index is -4.92. The molecule has 2 aromatic rings. The molecule has 132 valence electrons. The van der Waals surface area contributed by atoms with E-state index in [0.29, 0.717) is 23.3 Å². The van der Waals surface area contributed by atoms with Crippen molar-refractivity contribution in [1.29, 1.82) is 5.26 Å². The molecule has 0 bridgehead atoms. The van der Waals surface area contributed by atoms with Gasteiger partial charge in [0.25, 0.3) is 0 Å². The fourth-order valence-electron chi connectivity index (χ4n) is 2.09. The molecule has 1 heterocycles. The molecule has 0 saturated heterocycles. The SMILES string of the molecule is CCOc1ccc2nc(NCCNC(=O)C(F)(F)F)c(C#N)cc2c1. The molecule has 0 aliphatic carbocycles. The van der Waals surface area contributed by atoms with E-state index in [-0.39, 0.29) is 24.5 Å². The van der Waals surface area contributed by atoms with Crippen LogP contribution in [0, 0.1) is 11.3 Å². The summed E-state index contributed by atoms with van der Waals surface area (Å²) in [6.07, 6.45) is -4.92. The largest absolute Gasteiger partial charge is 0.494 e. The van der Waals surface area contributed by atoms with Crippen LogP contribution in [-0.2, 0) is 4.79 Å². The molecule has 9 heteroatoms. The fourth-order valence-corrected chi connectivity index (χ4v) is 2.09. The molecule has 2 rings (SSSR count). The Labute approximate surface area is 141 Å². The lowest BCUT2D eigenvalue weighted by Crippen LogP contribution is -2.39. The molecule has 0 unspecified atom stereocenters. The zero-order valence-electron chi connectivity index (χ0n) is 13.3. The number of hydrogen-bond acceptors (Lipinski definition) is 5. The van der Waals surface area contributed by atoms with Gasteiger partial charge >= 0.3 is 12.1 Å². The van der Waals surface area contributed by atoms with Crippen molar-refractivity contribution in [2.24, 2.45) is 0 Å². The highest BCUT2D eigenvalue weighted by molar-refractivity contribution is 5.84. The van der Waals surface area contributed by atoms with Crippen molar-refractivity contribution in [3.63, 3.8) is 0 Å². The Morgan fingerprint density at radius 3 is 2.72 bits per heavy atom. The Balaban J connectivity index is 2.09. The number of halogens is 3. The van der Waals surface area contributed by atoms with E-state index in [1.807, 2.05) is 13.0 Å².